The van der Waals surface area contributed by atoms with Crippen molar-refractivity contribution in [1.82, 2.24) is 5.32 Å². The summed E-state index contributed by atoms with van der Waals surface area (Å²) in [6, 6.07) is 8.62. The third-order valence-corrected chi connectivity index (χ3v) is 4.08. The molecule has 0 aliphatic heterocycles. The van der Waals surface area contributed by atoms with Crippen molar-refractivity contribution in [3.63, 3.8) is 0 Å². The molecule has 1 amide bonds. The summed E-state index contributed by atoms with van der Waals surface area (Å²) in [5.41, 5.74) is 1.81. The molecule has 1 aromatic rings. The Balaban J connectivity index is 2.12. The van der Waals surface area contributed by atoms with E-state index in [1.54, 1.807) is 0 Å². The second-order valence-corrected chi connectivity index (χ2v) is 7.34. The number of benzene rings is 1. The highest BCUT2D eigenvalue weighted by Gasteiger charge is 2.41. The second-order valence-electron chi connectivity index (χ2n) is 7.34. The topological polar surface area (TPSA) is 38.3 Å². The molecule has 0 saturated heterocycles. The summed E-state index contributed by atoms with van der Waals surface area (Å²) in [7, 11) is 0. The fraction of sp³-hybridized carbons (Fsp3) is 0.611. The molecule has 0 spiro atoms. The van der Waals surface area contributed by atoms with Crippen LogP contribution < -0.4 is 5.32 Å². The van der Waals surface area contributed by atoms with Crippen LogP contribution in [-0.2, 0) is 10.3 Å². The van der Waals surface area contributed by atoms with Crippen LogP contribution in [0.4, 0.5) is 4.79 Å². The molecule has 1 saturated carbocycles. The first kappa shape index (κ1) is 15.9. The van der Waals surface area contributed by atoms with Gasteiger partial charge in [0.15, 0.2) is 0 Å². The minimum absolute atomic E-state index is 0.238. The predicted molar refractivity (Wildman–Crippen MR) is 85.4 cm³/mol. The van der Waals surface area contributed by atoms with E-state index in [2.05, 4.69) is 43.4 Å². The Morgan fingerprint density at radius 2 is 1.76 bits per heavy atom. The first-order valence-corrected chi connectivity index (χ1v) is 7.83. The Kier molecular flexibility index (Phi) is 4.31. The number of ether oxygens (including phenoxy) is 1. The fourth-order valence-corrected chi connectivity index (χ4v) is 2.70. The monoisotopic (exact) mass is 289 g/mol. The molecule has 0 aromatic heterocycles. The molecule has 3 nitrogen and oxygen atoms in total. The SMILES string of the molecule is CC(C)c1ccc(C2(NC(=O)OC(C)(C)C)CCC2)cc1. The van der Waals surface area contributed by atoms with Gasteiger partial charge in [-0.1, -0.05) is 38.1 Å². The van der Waals surface area contributed by atoms with Gasteiger partial charge in [-0.05, 0) is 57.1 Å². The van der Waals surface area contributed by atoms with E-state index in [1.165, 1.54) is 11.1 Å². The van der Waals surface area contributed by atoms with E-state index >= 15 is 0 Å². The summed E-state index contributed by atoms with van der Waals surface area (Å²) in [4.78, 5) is 12.1. The molecule has 1 aliphatic carbocycles. The van der Waals surface area contributed by atoms with Gasteiger partial charge >= 0.3 is 6.09 Å². The van der Waals surface area contributed by atoms with E-state index < -0.39 is 5.60 Å². The maximum absolute atomic E-state index is 12.1. The smallest absolute Gasteiger partial charge is 0.408 e. The van der Waals surface area contributed by atoms with Crippen molar-refractivity contribution in [3.05, 3.63) is 35.4 Å². The van der Waals surface area contributed by atoms with E-state index in [4.69, 9.17) is 4.74 Å². The van der Waals surface area contributed by atoms with Crippen molar-refractivity contribution in [2.45, 2.75) is 70.9 Å². The maximum Gasteiger partial charge on any atom is 0.408 e. The Hall–Kier alpha value is -1.51. The van der Waals surface area contributed by atoms with Crippen LogP contribution in [0, 0.1) is 0 Å². The quantitative estimate of drug-likeness (QED) is 0.874. The predicted octanol–water partition coefficient (Wildman–Crippen LogP) is 4.71. The van der Waals surface area contributed by atoms with E-state index in [0.717, 1.165) is 19.3 Å². The molecule has 1 fully saturated rings. The van der Waals surface area contributed by atoms with Gasteiger partial charge in [-0.15, -0.1) is 0 Å². The van der Waals surface area contributed by atoms with Crippen LogP contribution in [0.3, 0.4) is 0 Å². The average Bonchev–Trinajstić information content (AvgIpc) is 2.32. The van der Waals surface area contributed by atoms with Gasteiger partial charge in [-0.2, -0.15) is 0 Å². The highest BCUT2D eigenvalue weighted by atomic mass is 16.6. The Morgan fingerprint density at radius 3 is 2.14 bits per heavy atom. The number of hydrogen-bond donors (Lipinski definition) is 1. The van der Waals surface area contributed by atoms with Crippen LogP contribution in [0.25, 0.3) is 0 Å². The van der Waals surface area contributed by atoms with Crippen LogP contribution in [0.5, 0.6) is 0 Å². The summed E-state index contributed by atoms with van der Waals surface area (Å²) in [5.74, 6) is 0.523. The standard InChI is InChI=1S/C18H27NO2/c1-13(2)14-7-9-15(10-8-14)18(11-6-12-18)19-16(20)21-17(3,4)5/h7-10,13H,6,11-12H2,1-5H3,(H,19,20). The molecule has 116 valence electrons. The van der Waals surface area contributed by atoms with E-state index in [1.807, 2.05) is 20.8 Å². The summed E-state index contributed by atoms with van der Waals surface area (Å²) >= 11 is 0. The molecule has 1 N–H and O–H groups in total. The van der Waals surface area contributed by atoms with Crippen molar-refractivity contribution in [3.8, 4) is 0 Å². The molecule has 3 heteroatoms. The summed E-state index contributed by atoms with van der Waals surface area (Å²) in [5, 5.41) is 3.09. The molecular formula is C18H27NO2. The number of carbonyl (C=O) groups excluding carboxylic acids is 1. The van der Waals surface area contributed by atoms with Crippen molar-refractivity contribution < 1.29 is 9.53 Å². The number of amides is 1. The van der Waals surface area contributed by atoms with Crippen LogP contribution in [0.15, 0.2) is 24.3 Å². The van der Waals surface area contributed by atoms with Crippen molar-refractivity contribution in [2.24, 2.45) is 0 Å². The zero-order valence-electron chi connectivity index (χ0n) is 13.8. The van der Waals surface area contributed by atoms with Crippen molar-refractivity contribution in [1.29, 1.82) is 0 Å². The fourth-order valence-electron chi connectivity index (χ4n) is 2.70. The highest BCUT2D eigenvalue weighted by molar-refractivity contribution is 5.69. The zero-order valence-corrected chi connectivity index (χ0v) is 13.8. The summed E-state index contributed by atoms with van der Waals surface area (Å²) in [6.07, 6.45) is 2.78. The number of rotatable bonds is 3. The molecule has 0 bridgehead atoms. The minimum atomic E-state index is -0.462. The largest absolute Gasteiger partial charge is 0.444 e. The molecule has 2 rings (SSSR count). The summed E-state index contributed by atoms with van der Waals surface area (Å²) in [6.45, 7) is 10.0. The second kappa shape index (κ2) is 5.70. The van der Waals surface area contributed by atoms with Gasteiger partial charge < -0.3 is 10.1 Å². The molecule has 21 heavy (non-hydrogen) atoms. The molecule has 1 aliphatic rings. The lowest BCUT2D eigenvalue weighted by Crippen LogP contribution is -2.52. The number of carbonyl (C=O) groups is 1. The number of nitrogens with one attached hydrogen (secondary N) is 1. The van der Waals surface area contributed by atoms with Crippen molar-refractivity contribution in [2.75, 3.05) is 0 Å². The van der Waals surface area contributed by atoms with Gasteiger partial charge in [0.05, 0.1) is 5.54 Å². The Morgan fingerprint density at radius 1 is 1.19 bits per heavy atom. The molecular weight excluding hydrogens is 262 g/mol. The van der Waals surface area contributed by atoms with Crippen LogP contribution >= 0.6 is 0 Å². The van der Waals surface area contributed by atoms with Crippen LogP contribution in [0.1, 0.15) is 70.9 Å². The van der Waals surface area contributed by atoms with Gasteiger partial charge in [-0.3, -0.25) is 0 Å². The minimum Gasteiger partial charge on any atom is -0.444 e. The lowest BCUT2D eigenvalue weighted by Gasteiger charge is -2.43. The van der Waals surface area contributed by atoms with E-state index in [-0.39, 0.29) is 11.6 Å². The molecule has 1 aromatic carbocycles. The number of hydrogen-bond acceptors (Lipinski definition) is 2. The Labute approximate surface area is 128 Å². The van der Waals surface area contributed by atoms with Gasteiger partial charge in [0, 0.05) is 0 Å². The van der Waals surface area contributed by atoms with Crippen molar-refractivity contribution >= 4 is 6.09 Å². The molecule has 0 heterocycles. The summed E-state index contributed by atoms with van der Waals surface area (Å²) < 4.78 is 5.40. The lowest BCUT2D eigenvalue weighted by atomic mass is 9.71. The average molecular weight is 289 g/mol. The normalized spacial score (nSPS) is 17.2. The molecule has 0 atom stereocenters. The first-order valence-electron chi connectivity index (χ1n) is 7.83. The lowest BCUT2D eigenvalue weighted by molar-refractivity contribution is 0.0377. The molecule has 0 radical (unpaired) electrons. The van der Waals surface area contributed by atoms with Gasteiger partial charge in [-0.25, -0.2) is 4.79 Å². The zero-order chi connectivity index (χ0) is 15.7. The third-order valence-electron chi connectivity index (χ3n) is 4.08. The van der Waals surface area contributed by atoms with Gasteiger partial charge in [0.25, 0.3) is 0 Å². The van der Waals surface area contributed by atoms with Crippen LogP contribution in [-0.4, -0.2) is 11.7 Å². The van der Waals surface area contributed by atoms with Gasteiger partial charge in [0.1, 0.15) is 5.60 Å². The van der Waals surface area contributed by atoms with E-state index in [9.17, 15) is 4.79 Å². The van der Waals surface area contributed by atoms with Gasteiger partial charge in [0.2, 0.25) is 0 Å². The van der Waals surface area contributed by atoms with E-state index in [0.29, 0.717) is 5.92 Å². The molecule has 0 unspecified atom stereocenters. The highest BCUT2D eigenvalue weighted by Crippen LogP contribution is 2.41. The maximum atomic E-state index is 12.1. The third kappa shape index (κ3) is 3.78. The number of alkyl carbamates (subject to hydrolysis) is 1. The van der Waals surface area contributed by atoms with Crippen LogP contribution in [0.2, 0.25) is 0 Å². The first-order chi connectivity index (χ1) is 9.72. The Bertz CT molecular complexity index is 493.